The zero-order chi connectivity index (χ0) is 22.0. The van der Waals surface area contributed by atoms with E-state index in [2.05, 4.69) is 4.98 Å². The van der Waals surface area contributed by atoms with Gasteiger partial charge in [0.2, 0.25) is 0 Å². The Labute approximate surface area is 181 Å². The number of carbonyl (C=O) groups excluding carboxylic acids is 2. The van der Waals surface area contributed by atoms with Crippen LogP contribution in [0.3, 0.4) is 0 Å². The number of esters is 1. The number of pyridine rings is 1. The van der Waals surface area contributed by atoms with E-state index in [1.165, 1.54) is 0 Å². The van der Waals surface area contributed by atoms with Crippen molar-refractivity contribution < 1.29 is 19.1 Å². The van der Waals surface area contributed by atoms with Crippen LogP contribution in [-0.2, 0) is 14.3 Å². The minimum Gasteiger partial charge on any atom is -0.497 e. The Morgan fingerprint density at radius 3 is 2.65 bits per heavy atom. The van der Waals surface area contributed by atoms with E-state index in [1.807, 2.05) is 35.2 Å². The summed E-state index contributed by atoms with van der Waals surface area (Å²) >= 11 is 0. The predicted molar refractivity (Wildman–Crippen MR) is 116 cm³/mol. The normalized spacial score (nSPS) is 18.7. The molecule has 0 fully saturated rings. The van der Waals surface area contributed by atoms with E-state index < -0.39 is 11.9 Å². The molecular formula is C24H25N3O4. The molecule has 0 saturated heterocycles. The molecule has 0 amide bonds. The van der Waals surface area contributed by atoms with Gasteiger partial charge in [0.25, 0.3) is 0 Å². The van der Waals surface area contributed by atoms with Gasteiger partial charge in [0, 0.05) is 35.8 Å². The molecule has 0 saturated carbocycles. The van der Waals surface area contributed by atoms with Crippen LogP contribution < -0.4 is 15.4 Å². The monoisotopic (exact) mass is 419 g/mol. The first-order valence-electron chi connectivity index (χ1n) is 10.3. The number of nitrogens with two attached hydrogens (primary N) is 1. The summed E-state index contributed by atoms with van der Waals surface area (Å²) in [4.78, 5) is 32.3. The van der Waals surface area contributed by atoms with Gasteiger partial charge in [-0.2, -0.15) is 0 Å². The summed E-state index contributed by atoms with van der Waals surface area (Å²) in [5.74, 6) is -0.146. The Kier molecular flexibility index (Phi) is 5.75. The van der Waals surface area contributed by atoms with Crippen LogP contribution in [0.2, 0.25) is 0 Å². The number of allylic oxidation sites excluding steroid dienone is 2. The van der Waals surface area contributed by atoms with E-state index in [9.17, 15) is 9.59 Å². The molecule has 0 radical (unpaired) electrons. The van der Waals surface area contributed by atoms with Gasteiger partial charge in [0.05, 0.1) is 25.2 Å². The SMILES string of the molecule is CCOC(=O)C1=C(N)N(c2ccc(OC)cc2)C2=C(C(=O)CCC2)C1c1cccnc1. The Morgan fingerprint density at radius 1 is 1.23 bits per heavy atom. The lowest BCUT2D eigenvalue weighted by Crippen LogP contribution is -2.41. The number of rotatable bonds is 5. The van der Waals surface area contributed by atoms with Crippen molar-refractivity contribution in [2.75, 3.05) is 18.6 Å². The quantitative estimate of drug-likeness (QED) is 0.742. The minimum absolute atomic E-state index is 0.0166. The van der Waals surface area contributed by atoms with E-state index in [4.69, 9.17) is 15.2 Å². The number of aromatic nitrogens is 1. The summed E-state index contributed by atoms with van der Waals surface area (Å²) in [6.45, 7) is 1.95. The highest BCUT2D eigenvalue weighted by atomic mass is 16.5. The number of hydrogen-bond acceptors (Lipinski definition) is 7. The van der Waals surface area contributed by atoms with Gasteiger partial charge in [-0.1, -0.05) is 6.07 Å². The van der Waals surface area contributed by atoms with Crippen molar-refractivity contribution >= 4 is 17.4 Å². The van der Waals surface area contributed by atoms with Crippen molar-refractivity contribution in [2.45, 2.75) is 32.1 Å². The number of ether oxygens (including phenoxy) is 2. The fraction of sp³-hybridized carbons (Fsp3) is 0.292. The molecule has 0 spiro atoms. The fourth-order valence-electron chi connectivity index (χ4n) is 4.30. The average Bonchev–Trinajstić information content (AvgIpc) is 2.79. The standard InChI is InChI=1S/C24H25N3O4/c1-3-31-24(29)22-20(15-6-5-13-26-14-15)21-18(7-4-8-19(21)28)27(23(22)25)16-9-11-17(30-2)12-10-16/h5-6,9-14,20H,3-4,7-8,25H2,1-2H3. The van der Waals surface area contributed by atoms with Gasteiger partial charge in [-0.25, -0.2) is 4.79 Å². The highest BCUT2D eigenvalue weighted by Gasteiger charge is 2.43. The highest BCUT2D eigenvalue weighted by molar-refractivity contribution is 6.05. The maximum Gasteiger partial charge on any atom is 0.338 e. The summed E-state index contributed by atoms with van der Waals surface area (Å²) < 4.78 is 10.6. The van der Waals surface area contributed by atoms with Gasteiger partial charge in [-0.05, 0) is 55.7 Å². The van der Waals surface area contributed by atoms with Crippen molar-refractivity contribution in [3.8, 4) is 5.75 Å². The maximum absolute atomic E-state index is 13.2. The van der Waals surface area contributed by atoms with Crippen molar-refractivity contribution in [3.63, 3.8) is 0 Å². The third kappa shape index (κ3) is 3.67. The van der Waals surface area contributed by atoms with E-state index >= 15 is 0 Å². The van der Waals surface area contributed by atoms with Crippen molar-refractivity contribution in [2.24, 2.45) is 5.73 Å². The van der Waals surface area contributed by atoms with Gasteiger partial charge >= 0.3 is 5.97 Å². The highest BCUT2D eigenvalue weighted by Crippen LogP contribution is 2.46. The first-order valence-corrected chi connectivity index (χ1v) is 10.3. The van der Waals surface area contributed by atoms with Crippen LogP contribution in [0.4, 0.5) is 5.69 Å². The van der Waals surface area contributed by atoms with Crippen LogP contribution in [0.15, 0.2) is 71.5 Å². The van der Waals surface area contributed by atoms with E-state index in [-0.39, 0.29) is 23.8 Å². The molecule has 1 unspecified atom stereocenters. The number of anilines is 1. The van der Waals surface area contributed by atoms with Gasteiger partial charge in [0.1, 0.15) is 11.6 Å². The Balaban J connectivity index is 1.96. The number of hydrogen-bond donors (Lipinski definition) is 1. The second-order valence-corrected chi connectivity index (χ2v) is 7.41. The first kappa shape index (κ1) is 20.7. The molecule has 2 aliphatic rings. The molecule has 1 aliphatic heterocycles. The summed E-state index contributed by atoms with van der Waals surface area (Å²) in [6, 6.07) is 11.0. The number of methoxy groups -OCH3 is 1. The number of benzene rings is 1. The fourth-order valence-corrected chi connectivity index (χ4v) is 4.30. The number of Topliss-reactive ketones (excluding diaryl/α,β-unsaturated/α-hetero) is 1. The maximum atomic E-state index is 13.2. The summed E-state index contributed by atoms with van der Waals surface area (Å²) in [6.07, 6.45) is 5.17. The summed E-state index contributed by atoms with van der Waals surface area (Å²) in [5, 5.41) is 0. The molecule has 2 N–H and O–H groups in total. The van der Waals surface area contributed by atoms with Gasteiger partial charge in [-0.15, -0.1) is 0 Å². The van der Waals surface area contributed by atoms with Crippen molar-refractivity contribution in [1.82, 2.24) is 4.98 Å². The van der Waals surface area contributed by atoms with E-state index in [0.29, 0.717) is 24.2 Å². The molecule has 31 heavy (non-hydrogen) atoms. The topological polar surface area (TPSA) is 94.8 Å². The Bertz CT molecular complexity index is 1060. The third-order valence-corrected chi connectivity index (χ3v) is 5.64. The molecule has 160 valence electrons. The summed E-state index contributed by atoms with van der Waals surface area (Å²) in [5.41, 5.74) is 9.82. The first-order chi connectivity index (χ1) is 15.1. The lowest BCUT2D eigenvalue weighted by molar-refractivity contribution is -0.138. The molecule has 7 nitrogen and oxygen atoms in total. The molecule has 1 aliphatic carbocycles. The molecular weight excluding hydrogens is 394 g/mol. The molecule has 4 rings (SSSR count). The number of nitrogens with zero attached hydrogens (tertiary/aromatic N) is 2. The molecule has 1 aromatic carbocycles. The molecule has 7 heteroatoms. The number of carbonyl (C=O) groups is 2. The minimum atomic E-state index is -0.606. The lowest BCUT2D eigenvalue weighted by Gasteiger charge is -2.40. The lowest BCUT2D eigenvalue weighted by atomic mass is 9.75. The molecule has 2 heterocycles. The second-order valence-electron chi connectivity index (χ2n) is 7.41. The van der Waals surface area contributed by atoms with Gasteiger partial charge in [-0.3, -0.25) is 14.7 Å². The predicted octanol–water partition coefficient (Wildman–Crippen LogP) is 3.43. The number of ketones is 1. The van der Waals surface area contributed by atoms with Crippen molar-refractivity contribution in [3.05, 3.63) is 77.0 Å². The zero-order valence-corrected chi connectivity index (χ0v) is 17.6. The van der Waals surface area contributed by atoms with Crippen LogP contribution in [0.5, 0.6) is 5.75 Å². The largest absolute Gasteiger partial charge is 0.497 e. The molecule has 0 bridgehead atoms. The van der Waals surface area contributed by atoms with Gasteiger partial charge in [0.15, 0.2) is 5.78 Å². The summed E-state index contributed by atoms with van der Waals surface area (Å²) in [7, 11) is 1.60. The van der Waals surface area contributed by atoms with Crippen LogP contribution in [-0.4, -0.2) is 30.5 Å². The molecule has 1 aromatic heterocycles. The van der Waals surface area contributed by atoms with E-state index in [1.54, 1.807) is 32.5 Å². The van der Waals surface area contributed by atoms with Crippen LogP contribution in [0, 0.1) is 0 Å². The second kappa shape index (κ2) is 8.63. The smallest absolute Gasteiger partial charge is 0.338 e. The average molecular weight is 419 g/mol. The van der Waals surface area contributed by atoms with Crippen LogP contribution in [0.1, 0.15) is 37.7 Å². The molecule has 2 aromatic rings. The zero-order valence-electron chi connectivity index (χ0n) is 17.6. The third-order valence-electron chi connectivity index (χ3n) is 5.64. The van der Waals surface area contributed by atoms with E-state index in [0.717, 1.165) is 23.4 Å². The molecule has 1 atom stereocenters. The van der Waals surface area contributed by atoms with Crippen LogP contribution in [0.25, 0.3) is 0 Å². The Hall–Kier alpha value is -3.61. The Morgan fingerprint density at radius 2 is 2.00 bits per heavy atom. The van der Waals surface area contributed by atoms with Gasteiger partial charge < -0.3 is 15.2 Å². The van der Waals surface area contributed by atoms with Crippen LogP contribution >= 0.6 is 0 Å². The van der Waals surface area contributed by atoms with Crippen molar-refractivity contribution in [1.29, 1.82) is 0 Å².